The predicted octanol–water partition coefficient (Wildman–Crippen LogP) is 4.65. The molecule has 0 radical (unpaired) electrons. The predicted molar refractivity (Wildman–Crippen MR) is 109 cm³/mol. The van der Waals surface area contributed by atoms with Crippen molar-refractivity contribution in [3.8, 4) is 5.75 Å². The van der Waals surface area contributed by atoms with Gasteiger partial charge < -0.3 is 10.1 Å². The normalized spacial score (nSPS) is 13.7. The highest BCUT2D eigenvalue weighted by atomic mass is 19.2. The number of hydrogen-bond acceptors (Lipinski definition) is 4. The average molecular weight is 442 g/mol. The molecule has 0 saturated heterocycles. The van der Waals surface area contributed by atoms with Gasteiger partial charge in [-0.25, -0.2) is 22.5 Å². The van der Waals surface area contributed by atoms with E-state index in [1.165, 1.54) is 25.3 Å². The Morgan fingerprint density at radius 2 is 1.38 bits per heavy atom. The molecular formula is C23H14F4N2O3. The van der Waals surface area contributed by atoms with Gasteiger partial charge in [0.25, 0.3) is 11.8 Å². The number of methoxy groups -OCH3 is 1. The Bertz CT molecular complexity index is 1270. The fourth-order valence-electron chi connectivity index (χ4n) is 3.25. The van der Waals surface area contributed by atoms with E-state index >= 15 is 0 Å². The summed E-state index contributed by atoms with van der Waals surface area (Å²) in [5, 5.41) is 2.65. The second kappa shape index (κ2) is 8.18. The van der Waals surface area contributed by atoms with Crippen LogP contribution in [0, 0.1) is 23.3 Å². The molecule has 1 heterocycles. The lowest BCUT2D eigenvalue weighted by molar-refractivity contribution is -0.120. The largest absolute Gasteiger partial charge is 0.497 e. The minimum atomic E-state index is -1.24. The Morgan fingerprint density at radius 1 is 0.750 bits per heavy atom. The number of nitrogens with one attached hydrogen (secondary N) is 1. The van der Waals surface area contributed by atoms with Crippen LogP contribution in [0.4, 0.5) is 28.9 Å². The van der Waals surface area contributed by atoms with Crippen molar-refractivity contribution in [3.05, 3.63) is 95.2 Å². The van der Waals surface area contributed by atoms with E-state index in [1.807, 2.05) is 0 Å². The van der Waals surface area contributed by atoms with Crippen LogP contribution in [0.3, 0.4) is 0 Å². The SMILES string of the molecule is COc1ccc(C2=C(Nc3ccc(F)c(F)c3)C(=O)N(c3ccc(F)c(F)c3)C2=O)cc1. The Labute approximate surface area is 179 Å². The number of anilines is 2. The third kappa shape index (κ3) is 3.68. The summed E-state index contributed by atoms with van der Waals surface area (Å²) in [6.07, 6.45) is 0. The minimum Gasteiger partial charge on any atom is -0.497 e. The molecule has 4 rings (SSSR count). The molecule has 0 aliphatic carbocycles. The molecule has 1 N–H and O–H groups in total. The summed E-state index contributed by atoms with van der Waals surface area (Å²) in [6.45, 7) is 0. The zero-order valence-corrected chi connectivity index (χ0v) is 16.5. The summed E-state index contributed by atoms with van der Waals surface area (Å²) in [7, 11) is 1.46. The lowest BCUT2D eigenvalue weighted by Crippen LogP contribution is -2.32. The Kier molecular flexibility index (Phi) is 5.40. The monoisotopic (exact) mass is 442 g/mol. The van der Waals surface area contributed by atoms with Crippen molar-refractivity contribution in [2.24, 2.45) is 0 Å². The number of carbonyl (C=O) groups excluding carboxylic acids is 2. The number of nitrogens with zero attached hydrogens (tertiary/aromatic N) is 1. The number of hydrogen-bond donors (Lipinski definition) is 1. The topological polar surface area (TPSA) is 58.6 Å². The molecule has 32 heavy (non-hydrogen) atoms. The molecule has 162 valence electrons. The summed E-state index contributed by atoms with van der Waals surface area (Å²) in [6, 6.07) is 11.7. The van der Waals surface area contributed by atoms with E-state index < -0.39 is 35.1 Å². The van der Waals surface area contributed by atoms with Crippen molar-refractivity contribution in [1.82, 2.24) is 0 Å². The first-order chi connectivity index (χ1) is 15.3. The van der Waals surface area contributed by atoms with Crippen LogP contribution in [0.5, 0.6) is 5.75 Å². The van der Waals surface area contributed by atoms with Crippen molar-refractivity contribution >= 4 is 28.8 Å². The van der Waals surface area contributed by atoms with Crippen LogP contribution in [0.25, 0.3) is 5.57 Å². The summed E-state index contributed by atoms with van der Waals surface area (Å²) in [5.41, 5.74) is -0.187. The van der Waals surface area contributed by atoms with E-state index in [0.29, 0.717) is 16.2 Å². The van der Waals surface area contributed by atoms with Gasteiger partial charge in [0.15, 0.2) is 23.3 Å². The summed E-state index contributed by atoms with van der Waals surface area (Å²) in [4.78, 5) is 27.0. The second-order valence-electron chi connectivity index (χ2n) is 6.78. The second-order valence-corrected chi connectivity index (χ2v) is 6.78. The fraction of sp³-hybridized carbons (Fsp3) is 0.0435. The molecule has 0 bridgehead atoms. The van der Waals surface area contributed by atoms with Crippen LogP contribution in [0.1, 0.15) is 5.56 Å². The van der Waals surface area contributed by atoms with Crippen LogP contribution in [-0.2, 0) is 9.59 Å². The van der Waals surface area contributed by atoms with Gasteiger partial charge in [0.05, 0.1) is 18.4 Å². The van der Waals surface area contributed by atoms with Gasteiger partial charge in [-0.2, -0.15) is 0 Å². The highest BCUT2D eigenvalue weighted by Gasteiger charge is 2.40. The molecule has 0 unspecified atom stereocenters. The highest BCUT2D eigenvalue weighted by Crippen LogP contribution is 2.35. The summed E-state index contributed by atoms with van der Waals surface area (Å²) >= 11 is 0. The van der Waals surface area contributed by atoms with Crippen LogP contribution in [0.15, 0.2) is 66.4 Å². The van der Waals surface area contributed by atoms with Gasteiger partial charge in [0.2, 0.25) is 0 Å². The van der Waals surface area contributed by atoms with Gasteiger partial charge in [-0.15, -0.1) is 0 Å². The zero-order chi connectivity index (χ0) is 23.0. The number of rotatable bonds is 5. The maximum absolute atomic E-state index is 13.8. The number of amides is 2. The van der Waals surface area contributed by atoms with Crippen LogP contribution >= 0.6 is 0 Å². The van der Waals surface area contributed by atoms with Crippen molar-refractivity contribution in [2.75, 3.05) is 17.3 Å². The molecule has 0 aromatic heterocycles. The quantitative estimate of drug-likeness (QED) is 0.462. The number of benzene rings is 3. The first-order valence-corrected chi connectivity index (χ1v) is 9.24. The molecule has 3 aromatic rings. The van der Waals surface area contributed by atoms with E-state index in [0.717, 1.165) is 30.3 Å². The van der Waals surface area contributed by atoms with Crippen LogP contribution < -0.4 is 15.0 Å². The van der Waals surface area contributed by atoms with Crippen molar-refractivity contribution in [1.29, 1.82) is 0 Å². The summed E-state index contributed by atoms with van der Waals surface area (Å²) < 4.78 is 59.2. The number of halogens is 4. The molecule has 3 aromatic carbocycles. The Hall–Kier alpha value is -4.14. The highest BCUT2D eigenvalue weighted by molar-refractivity contribution is 6.46. The van der Waals surface area contributed by atoms with E-state index in [2.05, 4.69) is 5.32 Å². The molecule has 9 heteroatoms. The van der Waals surface area contributed by atoms with Gasteiger partial charge in [0, 0.05) is 17.8 Å². The van der Waals surface area contributed by atoms with Gasteiger partial charge in [-0.05, 0) is 42.0 Å². The average Bonchev–Trinajstić information content (AvgIpc) is 3.02. The van der Waals surface area contributed by atoms with Crippen molar-refractivity contribution in [3.63, 3.8) is 0 Å². The molecule has 0 atom stereocenters. The molecule has 1 aliphatic rings. The van der Waals surface area contributed by atoms with E-state index in [9.17, 15) is 27.2 Å². The molecular weight excluding hydrogens is 428 g/mol. The molecule has 0 saturated carbocycles. The molecule has 1 aliphatic heterocycles. The number of carbonyl (C=O) groups is 2. The Morgan fingerprint density at radius 3 is 1.97 bits per heavy atom. The smallest absolute Gasteiger partial charge is 0.282 e. The fourth-order valence-corrected chi connectivity index (χ4v) is 3.25. The van der Waals surface area contributed by atoms with E-state index in [4.69, 9.17) is 4.74 Å². The minimum absolute atomic E-state index is 0.0122. The first kappa shape index (κ1) is 21.1. The van der Waals surface area contributed by atoms with Crippen LogP contribution in [-0.4, -0.2) is 18.9 Å². The third-order valence-corrected chi connectivity index (χ3v) is 4.81. The maximum atomic E-state index is 13.8. The number of ether oxygens (including phenoxy) is 1. The lowest BCUT2D eigenvalue weighted by Gasteiger charge is -2.15. The van der Waals surface area contributed by atoms with Gasteiger partial charge in [-0.1, -0.05) is 12.1 Å². The zero-order valence-electron chi connectivity index (χ0n) is 16.5. The molecule has 0 fully saturated rings. The van der Waals surface area contributed by atoms with Crippen molar-refractivity contribution < 1.29 is 31.9 Å². The number of imide groups is 1. The van der Waals surface area contributed by atoms with Gasteiger partial charge in [0.1, 0.15) is 11.4 Å². The van der Waals surface area contributed by atoms with Crippen molar-refractivity contribution in [2.45, 2.75) is 0 Å². The van der Waals surface area contributed by atoms with E-state index in [1.54, 1.807) is 12.1 Å². The third-order valence-electron chi connectivity index (χ3n) is 4.81. The summed E-state index contributed by atoms with van der Waals surface area (Å²) in [5.74, 6) is -5.81. The molecule has 5 nitrogen and oxygen atoms in total. The molecule has 2 amide bonds. The first-order valence-electron chi connectivity index (χ1n) is 9.24. The molecule has 0 spiro atoms. The lowest BCUT2D eigenvalue weighted by atomic mass is 10.0. The van der Waals surface area contributed by atoms with E-state index in [-0.39, 0.29) is 22.6 Å². The van der Waals surface area contributed by atoms with Crippen LogP contribution in [0.2, 0.25) is 0 Å². The maximum Gasteiger partial charge on any atom is 0.282 e. The Balaban J connectivity index is 1.82. The standard InChI is InChI=1S/C23H14F4N2O3/c1-32-15-6-2-12(3-7-15)20-21(28-13-4-8-16(24)18(26)10-13)23(31)29(22(20)30)14-5-9-17(25)19(27)11-14/h2-11,28H,1H3. The van der Waals surface area contributed by atoms with Gasteiger partial charge >= 0.3 is 0 Å². The van der Waals surface area contributed by atoms with Gasteiger partial charge in [-0.3, -0.25) is 9.59 Å².